The molecule has 0 spiro atoms. The summed E-state index contributed by atoms with van der Waals surface area (Å²) in [6.45, 7) is 4.87. The average Bonchev–Trinajstić information content (AvgIpc) is 2.71. The molecule has 3 rings (SSSR count). The lowest BCUT2D eigenvalue weighted by Gasteiger charge is -2.26. The molecule has 2 atom stereocenters. The molecule has 2 heterocycles. The Morgan fingerprint density at radius 2 is 1.95 bits per heavy atom. The first-order valence-electron chi connectivity index (χ1n) is 7.54. The van der Waals surface area contributed by atoms with Gasteiger partial charge in [0.15, 0.2) is 11.5 Å². The van der Waals surface area contributed by atoms with Gasteiger partial charge in [0, 0.05) is 13.0 Å². The maximum absolute atomic E-state index is 14.0. The Bertz CT molecular complexity index is 470. The molecule has 3 nitrogen and oxygen atoms in total. The van der Waals surface area contributed by atoms with Gasteiger partial charge in [0.25, 0.3) is 0 Å². The lowest BCUT2D eigenvalue weighted by molar-refractivity contribution is 0.296. The highest BCUT2D eigenvalue weighted by Gasteiger charge is 2.24. The minimum atomic E-state index is -0.982. The van der Waals surface area contributed by atoms with Gasteiger partial charge in [-0.3, -0.25) is 0 Å². The summed E-state index contributed by atoms with van der Waals surface area (Å²) in [7, 11) is 0. The first kappa shape index (κ1) is 13.7. The van der Waals surface area contributed by atoms with Gasteiger partial charge in [0.05, 0.1) is 13.2 Å². The van der Waals surface area contributed by atoms with Crippen LogP contribution >= 0.6 is 0 Å². The van der Waals surface area contributed by atoms with Crippen LogP contribution in [0.3, 0.4) is 0 Å². The summed E-state index contributed by atoms with van der Waals surface area (Å²) < 4.78 is 25.4. The SMILES string of the molecule is CC(F)c1cc2c(cc1C1CCCNC1)OCCCO2. The molecule has 1 aromatic rings. The number of nitrogens with one attached hydrogen (secondary N) is 1. The summed E-state index contributed by atoms with van der Waals surface area (Å²) in [5.41, 5.74) is 1.83. The number of ether oxygens (including phenoxy) is 2. The Morgan fingerprint density at radius 3 is 2.60 bits per heavy atom. The highest BCUT2D eigenvalue weighted by molar-refractivity contribution is 5.50. The minimum Gasteiger partial charge on any atom is -0.490 e. The summed E-state index contributed by atoms with van der Waals surface area (Å²) in [5, 5.41) is 3.40. The number of piperidine rings is 1. The second kappa shape index (κ2) is 6.00. The third-order valence-electron chi connectivity index (χ3n) is 4.12. The number of alkyl halides is 1. The van der Waals surface area contributed by atoms with E-state index in [9.17, 15) is 4.39 Å². The van der Waals surface area contributed by atoms with E-state index in [0.717, 1.165) is 49.2 Å². The van der Waals surface area contributed by atoms with Crippen molar-refractivity contribution in [3.05, 3.63) is 23.3 Å². The topological polar surface area (TPSA) is 30.5 Å². The molecule has 1 saturated heterocycles. The van der Waals surface area contributed by atoms with E-state index in [1.54, 1.807) is 6.92 Å². The molecule has 2 aliphatic heterocycles. The van der Waals surface area contributed by atoms with E-state index in [-0.39, 0.29) is 0 Å². The number of fused-ring (bicyclic) bond motifs is 1. The van der Waals surface area contributed by atoms with Crippen molar-refractivity contribution in [2.24, 2.45) is 0 Å². The highest BCUT2D eigenvalue weighted by atomic mass is 19.1. The zero-order valence-corrected chi connectivity index (χ0v) is 12.0. The van der Waals surface area contributed by atoms with E-state index in [1.165, 1.54) is 0 Å². The predicted molar refractivity (Wildman–Crippen MR) is 76.4 cm³/mol. The van der Waals surface area contributed by atoms with Crippen LogP contribution in [0.4, 0.5) is 4.39 Å². The molecule has 2 aliphatic rings. The average molecular weight is 279 g/mol. The molecule has 0 bridgehead atoms. The van der Waals surface area contributed by atoms with E-state index in [0.29, 0.717) is 24.9 Å². The quantitative estimate of drug-likeness (QED) is 0.900. The molecule has 0 aromatic heterocycles. The minimum absolute atomic E-state index is 0.370. The number of halogens is 1. The fourth-order valence-electron chi connectivity index (χ4n) is 3.06. The molecule has 1 fully saturated rings. The van der Waals surface area contributed by atoms with Crippen molar-refractivity contribution in [2.45, 2.75) is 38.3 Å². The fourth-order valence-corrected chi connectivity index (χ4v) is 3.06. The summed E-state index contributed by atoms with van der Waals surface area (Å²) in [6.07, 6.45) is 2.13. The molecule has 110 valence electrons. The number of rotatable bonds is 2. The summed E-state index contributed by atoms with van der Waals surface area (Å²) in [4.78, 5) is 0. The zero-order valence-electron chi connectivity index (χ0n) is 12.0. The van der Waals surface area contributed by atoms with Crippen molar-refractivity contribution in [2.75, 3.05) is 26.3 Å². The molecule has 1 N–H and O–H groups in total. The van der Waals surface area contributed by atoms with Gasteiger partial charge in [0.1, 0.15) is 6.17 Å². The third-order valence-corrected chi connectivity index (χ3v) is 4.12. The summed E-state index contributed by atoms with van der Waals surface area (Å²) in [5.74, 6) is 1.83. The van der Waals surface area contributed by atoms with Gasteiger partial charge in [-0.05, 0) is 55.5 Å². The molecule has 1 aromatic carbocycles. The van der Waals surface area contributed by atoms with Crippen molar-refractivity contribution in [1.29, 1.82) is 0 Å². The molecule has 0 amide bonds. The molecule has 2 unspecified atom stereocenters. The van der Waals surface area contributed by atoms with Crippen LogP contribution in [0.15, 0.2) is 12.1 Å². The van der Waals surface area contributed by atoms with Crippen LogP contribution in [0.2, 0.25) is 0 Å². The fraction of sp³-hybridized carbons (Fsp3) is 0.625. The van der Waals surface area contributed by atoms with Crippen LogP contribution < -0.4 is 14.8 Å². The van der Waals surface area contributed by atoms with E-state index in [2.05, 4.69) is 5.32 Å². The van der Waals surface area contributed by atoms with Crippen molar-refractivity contribution >= 4 is 0 Å². The first-order chi connectivity index (χ1) is 9.75. The van der Waals surface area contributed by atoms with Crippen LogP contribution in [0.1, 0.15) is 49.4 Å². The monoisotopic (exact) mass is 279 g/mol. The van der Waals surface area contributed by atoms with Crippen LogP contribution in [0.25, 0.3) is 0 Å². The molecular weight excluding hydrogens is 257 g/mol. The van der Waals surface area contributed by atoms with Crippen LogP contribution in [0, 0.1) is 0 Å². The van der Waals surface area contributed by atoms with Crippen molar-refractivity contribution < 1.29 is 13.9 Å². The van der Waals surface area contributed by atoms with Gasteiger partial charge >= 0.3 is 0 Å². The highest BCUT2D eigenvalue weighted by Crippen LogP contribution is 2.40. The third kappa shape index (κ3) is 2.75. The molecular formula is C16H22FNO2. The molecule has 0 saturated carbocycles. The van der Waals surface area contributed by atoms with Crippen LogP contribution in [-0.4, -0.2) is 26.3 Å². The zero-order chi connectivity index (χ0) is 13.9. The molecule has 4 heteroatoms. The Balaban J connectivity index is 1.99. The lowest BCUT2D eigenvalue weighted by Crippen LogP contribution is -2.29. The number of benzene rings is 1. The lowest BCUT2D eigenvalue weighted by atomic mass is 9.87. The number of hydrogen-bond donors (Lipinski definition) is 1. The molecule has 0 radical (unpaired) electrons. The van der Waals surface area contributed by atoms with Gasteiger partial charge < -0.3 is 14.8 Å². The Morgan fingerprint density at radius 1 is 1.20 bits per heavy atom. The van der Waals surface area contributed by atoms with Gasteiger partial charge in [-0.1, -0.05) is 0 Å². The molecule has 0 aliphatic carbocycles. The molecule has 20 heavy (non-hydrogen) atoms. The second-order valence-corrected chi connectivity index (χ2v) is 5.64. The second-order valence-electron chi connectivity index (χ2n) is 5.64. The Kier molecular flexibility index (Phi) is 4.10. The van der Waals surface area contributed by atoms with E-state index in [4.69, 9.17) is 9.47 Å². The van der Waals surface area contributed by atoms with Crippen LogP contribution in [-0.2, 0) is 0 Å². The Hall–Kier alpha value is -1.29. The smallest absolute Gasteiger partial charge is 0.161 e. The normalized spacial score (nSPS) is 24.0. The van der Waals surface area contributed by atoms with Gasteiger partial charge in [-0.2, -0.15) is 0 Å². The Labute approximate surface area is 119 Å². The predicted octanol–water partition coefficient (Wildman–Crippen LogP) is 3.35. The summed E-state index contributed by atoms with van der Waals surface area (Å²) in [6, 6.07) is 3.85. The van der Waals surface area contributed by atoms with Gasteiger partial charge in [-0.15, -0.1) is 0 Å². The largest absolute Gasteiger partial charge is 0.490 e. The number of hydrogen-bond acceptors (Lipinski definition) is 3. The van der Waals surface area contributed by atoms with E-state index < -0.39 is 6.17 Å². The standard InChI is InChI=1S/C16H22FNO2/c1-11(17)13-8-15-16(20-7-3-6-19-15)9-14(13)12-4-2-5-18-10-12/h8-9,11-12,18H,2-7,10H2,1H3. The van der Waals surface area contributed by atoms with Gasteiger partial charge in [-0.25, -0.2) is 4.39 Å². The maximum Gasteiger partial charge on any atom is 0.161 e. The van der Waals surface area contributed by atoms with Crippen molar-refractivity contribution in [3.8, 4) is 11.5 Å². The van der Waals surface area contributed by atoms with E-state index >= 15 is 0 Å². The van der Waals surface area contributed by atoms with Gasteiger partial charge in [0.2, 0.25) is 0 Å². The van der Waals surface area contributed by atoms with E-state index in [1.807, 2.05) is 12.1 Å². The van der Waals surface area contributed by atoms with Crippen LogP contribution in [0.5, 0.6) is 11.5 Å². The first-order valence-corrected chi connectivity index (χ1v) is 7.54. The van der Waals surface area contributed by atoms with Crippen molar-refractivity contribution in [1.82, 2.24) is 5.32 Å². The summed E-state index contributed by atoms with van der Waals surface area (Å²) >= 11 is 0. The van der Waals surface area contributed by atoms with Crippen molar-refractivity contribution in [3.63, 3.8) is 0 Å². The maximum atomic E-state index is 14.0.